The van der Waals surface area contributed by atoms with Crippen molar-refractivity contribution in [3.8, 4) is 0 Å². The first-order valence-corrected chi connectivity index (χ1v) is 3.12. The summed E-state index contributed by atoms with van der Waals surface area (Å²) in [4.78, 5) is 0. The first kappa shape index (κ1) is 9.10. The van der Waals surface area contributed by atoms with Gasteiger partial charge < -0.3 is 6.42 Å². The Bertz CT molecular complexity index is 55.4. The topological polar surface area (TPSA) is 0 Å². The molecule has 0 aromatic carbocycles. The van der Waals surface area contributed by atoms with Crippen LogP contribution in [0.1, 0.15) is 26.7 Å². The van der Waals surface area contributed by atoms with E-state index in [-0.39, 0.29) is 32.7 Å². The summed E-state index contributed by atoms with van der Waals surface area (Å²) in [5.74, 6) is 1.95. The van der Waals surface area contributed by atoms with E-state index in [1.165, 1.54) is 12.8 Å². The second-order valence-corrected chi connectivity index (χ2v) is 2.76. The Kier molecular flexibility index (Phi) is 4.56. The Balaban J connectivity index is 0.000000490. The molecule has 0 saturated heterocycles. The third kappa shape index (κ3) is 2.15. The summed E-state index contributed by atoms with van der Waals surface area (Å²) in [6.45, 7) is 4.61. The summed E-state index contributed by atoms with van der Waals surface area (Å²) in [7, 11) is 0. The fraction of sp³-hybridized carbons (Fsp3) is 0.857. The van der Waals surface area contributed by atoms with Crippen LogP contribution in [0.25, 0.3) is 0 Å². The molecular weight excluding hydrogens is 173 g/mol. The monoisotopic (exact) mass is 186 g/mol. The van der Waals surface area contributed by atoms with E-state index in [9.17, 15) is 0 Å². The summed E-state index contributed by atoms with van der Waals surface area (Å²) in [5, 5.41) is 0. The van der Waals surface area contributed by atoms with E-state index in [0.717, 1.165) is 11.8 Å². The van der Waals surface area contributed by atoms with Crippen LogP contribution >= 0.6 is 0 Å². The van der Waals surface area contributed by atoms with E-state index in [1.807, 2.05) is 0 Å². The van der Waals surface area contributed by atoms with Crippen LogP contribution < -0.4 is 0 Å². The van der Waals surface area contributed by atoms with Crippen molar-refractivity contribution in [3.05, 3.63) is 6.42 Å². The molecular formula is C7H13Y-. The molecule has 1 fully saturated rings. The quantitative estimate of drug-likeness (QED) is 0.551. The van der Waals surface area contributed by atoms with Crippen molar-refractivity contribution in [2.75, 3.05) is 0 Å². The summed E-state index contributed by atoms with van der Waals surface area (Å²) in [6.07, 6.45) is 5.11. The Hall–Kier alpha value is 1.10. The van der Waals surface area contributed by atoms with E-state index in [2.05, 4.69) is 20.3 Å². The minimum absolute atomic E-state index is 0. The van der Waals surface area contributed by atoms with Gasteiger partial charge in [0.15, 0.2) is 0 Å². The zero-order valence-electron chi connectivity index (χ0n) is 5.72. The zero-order valence-corrected chi connectivity index (χ0v) is 8.56. The minimum atomic E-state index is 0. The molecule has 0 bridgehead atoms. The fourth-order valence-electron chi connectivity index (χ4n) is 0.903. The average molecular weight is 186 g/mol. The Morgan fingerprint density at radius 3 is 1.88 bits per heavy atom. The van der Waals surface area contributed by atoms with Gasteiger partial charge in [0.05, 0.1) is 0 Å². The third-order valence-electron chi connectivity index (χ3n) is 1.88. The molecule has 0 spiro atoms. The molecule has 45 valence electrons. The van der Waals surface area contributed by atoms with Crippen molar-refractivity contribution in [3.63, 3.8) is 0 Å². The maximum atomic E-state index is 2.37. The molecule has 0 aromatic rings. The van der Waals surface area contributed by atoms with Gasteiger partial charge >= 0.3 is 0 Å². The van der Waals surface area contributed by atoms with Crippen molar-refractivity contribution in [1.82, 2.24) is 0 Å². The van der Waals surface area contributed by atoms with Crippen LogP contribution in [0.3, 0.4) is 0 Å². The van der Waals surface area contributed by atoms with E-state index < -0.39 is 0 Å². The SMILES string of the molecule is CC(C)C1C[CH-]C1.[Y]. The van der Waals surface area contributed by atoms with Crippen molar-refractivity contribution in [1.29, 1.82) is 0 Å². The van der Waals surface area contributed by atoms with Gasteiger partial charge in [-0.1, -0.05) is 19.8 Å². The molecule has 1 saturated carbocycles. The first-order chi connectivity index (χ1) is 3.30. The maximum absolute atomic E-state index is 2.37. The molecule has 0 unspecified atom stereocenters. The third-order valence-corrected chi connectivity index (χ3v) is 1.88. The van der Waals surface area contributed by atoms with Crippen molar-refractivity contribution >= 4 is 0 Å². The smallest absolute Gasteiger partial charge is 0 e. The van der Waals surface area contributed by atoms with Crippen LogP contribution in [0.5, 0.6) is 0 Å². The van der Waals surface area contributed by atoms with Gasteiger partial charge in [-0.3, -0.25) is 0 Å². The number of hydrogen-bond donors (Lipinski definition) is 0. The van der Waals surface area contributed by atoms with Gasteiger partial charge in [-0.05, 0) is 5.92 Å². The predicted octanol–water partition coefficient (Wildman–Crippen LogP) is 2.25. The van der Waals surface area contributed by atoms with E-state index in [0.29, 0.717) is 0 Å². The van der Waals surface area contributed by atoms with Crippen molar-refractivity contribution < 1.29 is 32.7 Å². The van der Waals surface area contributed by atoms with Gasteiger partial charge in [-0.25, -0.2) is 0 Å². The molecule has 0 aliphatic heterocycles. The van der Waals surface area contributed by atoms with Gasteiger partial charge in [0.1, 0.15) is 0 Å². The largest absolute Gasteiger partial charge is 0.328 e. The number of hydrogen-bond acceptors (Lipinski definition) is 0. The molecule has 1 aliphatic carbocycles. The van der Waals surface area contributed by atoms with Gasteiger partial charge in [0.25, 0.3) is 0 Å². The van der Waals surface area contributed by atoms with Crippen LogP contribution in [0.2, 0.25) is 0 Å². The van der Waals surface area contributed by atoms with Crippen LogP contribution in [0, 0.1) is 18.3 Å². The van der Waals surface area contributed by atoms with Crippen LogP contribution in [0.15, 0.2) is 0 Å². The molecule has 1 heteroatoms. The van der Waals surface area contributed by atoms with E-state index in [4.69, 9.17) is 0 Å². The summed E-state index contributed by atoms with van der Waals surface area (Å²) >= 11 is 0. The van der Waals surface area contributed by atoms with Crippen LogP contribution in [-0.2, 0) is 32.7 Å². The minimum Gasteiger partial charge on any atom is -0.328 e. The molecule has 0 nitrogen and oxygen atoms in total. The molecule has 0 amide bonds. The normalized spacial score (nSPS) is 19.9. The predicted molar refractivity (Wildman–Crippen MR) is 31.9 cm³/mol. The van der Waals surface area contributed by atoms with Crippen LogP contribution in [-0.4, -0.2) is 0 Å². The van der Waals surface area contributed by atoms with Gasteiger partial charge in [-0.2, -0.15) is 12.8 Å². The summed E-state index contributed by atoms with van der Waals surface area (Å²) in [5.41, 5.74) is 0. The fourth-order valence-corrected chi connectivity index (χ4v) is 0.903. The standard InChI is InChI=1S/C7H13.Y/c1-6(2)7-4-3-5-7;/h3,6-7H,4-5H2,1-2H3;/q-1;. The zero-order chi connectivity index (χ0) is 5.28. The molecule has 1 radical (unpaired) electrons. The molecule has 0 N–H and O–H groups in total. The van der Waals surface area contributed by atoms with E-state index >= 15 is 0 Å². The molecule has 8 heavy (non-hydrogen) atoms. The van der Waals surface area contributed by atoms with Gasteiger partial charge in [0.2, 0.25) is 0 Å². The van der Waals surface area contributed by atoms with Crippen molar-refractivity contribution in [2.24, 2.45) is 11.8 Å². The Labute approximate surface area is 77.3 Å². The number of rotatable bonds is 1. The van der Waals surface area contributed by atoms with E-state index in [1.54, 1.807) is 0 Å². The molecule has 1 rings (SSSR count). The maximum Gasteiger partial charge on any atom is 0 e. The first-order valence-electron chi connectivity index (χ1n) is 3.12. The second-order valence-electron chi connectivity index (χ2n) is 2.76. The molecule has 0 aromatic heterocycles. The Morgan fingerprint density at radius 2 is 1.88 bits per heavy atom. The molecule has 0 atom stereocenters. The van der Waals surface area contributed by atoms with Gasteiger partial charge in [0, 0.05) is 32.7 Å². The molecule has 1 aliphatic rings. The van der Waals surface area contributed by atoms with Crippen LogP contribution in [0.4, 0.5) is 0 Å². The van der Waals surface area contributed by atoms with Gasteiger partial charge in [-0.15, -0.1) is 0 Å². The molecule has 0 heterocycles. The summed E-state index contributed by atoms with van der Waals surface area (Å²) in [6, 6.07) is 0. The summed E-state index contributed by atoms with van der Waals surface area (Å²) < 4.78 is 0. The van der Waals surface area contributed by atoms with Crippen molar-refractivity contribution in [2.45, 2.75) is 26.7 Å². The Morgan fingerprint density at radius 1 is 1.38 bits per heavy atom. The second kappa shape index (κ2) is 4.01. The average Bonchev–Trinajstić information content (AvgIpc) is 1.23.